The standard InChI is InChI=1S/C24H21FN6O2S/c1-32-20-15-16(7-8-18(20)25)21-22(31-13-14-33-24(31)30-21)19-9-10-26-23(29-19)27-11-12-28-34-17-5-3-2-4-6-17/h2-10,13-15,28H,11-12H2,1H3,(H,26,27,29). The predicted octanol–water partition coefficient (Wildman–Crippen LogP) is 4.91. The van der Waals surface area contributed by atoms with Crippen LogP contribution in [-0.4, -0.2) is 39.6 Å². The molecule has 2 aromatic carbocycles. The molecule has 0 radical (unpaired) electrons. The highest BCUT2D eigenvalue weighted by atomic mass is 32.2. The molecule has 0 aliphatic heterocycles. The van der Waals surface area contributed by atoms with Gasteiger partial charge in [0.15, 0.2) is 11.6 Å². The number of hydrogen-bond donors (Lipinski definition) is 2. The van der Waals surface area contributed by atoms with Gasteiger partial charge in [0.05, 0.1) is 12.8 Å². The third-order valence-electron chi connectivity index (χ3n) is 5.03. The van der Waals surface area contributed by atoms with Gasteiger partial charge < -0.3 is 14.5 Å². The first-order valence-corrected chi connectivity index (χ1v) is 11.4. The zero-order valence-electron chi connectivity index (χ0n) is 18.2. The Morgan fingerprint density at radius 3 is 2.82 bits per heavy atom. The molecule has 0 bridgehead atoms. The molecule has 0 saturated carbocycles. The highest BCUT2D eigenvalue weighted by Gasteiger charge is 2.20. The molecule has 5 aromatic rings. The molecule has 3 heterocycles. The van der Waals surface area contributed by atoms with Crippen molar-refractivity contribution in [1.82, 2.24) is 24.1 Å². The Labute approximate surface area is 199 Å². The van der Waals surface area contributed by atoms with Gasteiger partial charge in [-0.2, -0.15) is 4.98 Å². The van der Waals surface area contributed by atoms with E-state index in [4.69, 9.17) is 9.15 Å². The predicted molar refractivity (Wildman–Crippen MR) is 129 cm³/mol. The minimum absolute atomic E-state index is 0.138. The second-order valence-electron chi connectivity index (χ2n) is 7.22. The van der Waals surface area contributed by atoms with Crippen LogP contribution < -0.4 is 14.8 Å². The van der Waals surface area contributed by atoms with E-state index in [0.717, 1.165) is 4.90 Å². The summed E-state index contributed by atoms with van der Waals surface area (Å²) in [5.41, 5.74) is 2.64. The average molecular weight is 477 g/mol. The minimum atomic E-state index is -0.441. The lowest BCUT2D eigenvalue weighted by Gasteiger charge is -2.09. The molecule has 0 aliphatic carbocycles. The second-order valence-corrected chi connectivity index (χ2v) is 8.18. The number of halogens is 1. The Hall–Kier alpha value is -3.89. The fourth-order valence-corrected chi connectivity index (χ4v) is 4.13. The van der Waals surface area contributed by atoms with Crippen LogP contribution in [0.25, 0.3) is 28.5 Å². The van der Waals surface area contributed by atoms with Crippen LogP contribution in [0.5, 0.6) is 5.75 Å². The molecule has 8 nitrogen and oxygen atoms in total. The topological polar surface area (TPSA) is 89.5 Å². The quantitative estimate of drug-likeness (QED) is 0.229. The number of rotatable bonds is 9. The number of fused-ring (bicyclic) bond motifs is 1. The molecule has 34 heavy (non-hydrogen) atoms. The fraction of sp³-hybridized carbons (Fsp3) is 0.125. The number of nitrogens with zero attached hydrogens (tertiary/aromatic N) is 4. The first-order valence-electron chi connectivity index (χ1n) is 10.5. The molecular weight excluding hydrogens is 455 g/mol. The molecule has 3 aromatic heterocycles. The normalized spacial score (nSPS) is 11.1. The summed E-state index contributed by atoms with van der Waals surface area (Å²) in [4.78, 5) is 14.8. The maximum Gasteiger partial charge on any atom is 0.306 e. The van der Waals surface area contributed by atoms with Crippen molar-refractivity contribution >= 4 is 23.7 Å². The van der Waals surface area contributed by atoms with Crippen molar-refractivity contribution in [1.29, 1.82) is 0 Å². The summed E-state index contributed by atoms with van der Waals surface area (Å²) in [6.07, 6.45) is 5.00. The van der Waals surface area contributed by atoms with Crippen LogP contribution in [0.3, 0.4) is 0 Å². The third-order valence-corrected chi connectivity index (χ3v) is 5.88. The fourth-order valence-electron chi connectivity index (χ4n) is 3.46. The summed E-state index contributed by atoms with van der Waals surface area (Å²) in [6, 6.07) is 16.5. The molecule has 0 aliphatic rings. The van der Waals surface area contributed by atoms with Crippen molar-refractivity contribution in [3.8, 4) is 28.4 Å². The Morgan fingerprint density at radius 1 is 1.09 bits per heavy atom. The molecular formula is C24H21FN6O2S. The first-order chi connectivity index (χ1) is 16.7. The van der Waals surface area contributed by atoms with Crippen molar-refractivity contribution in [2.24, 2.45) is 0 Å². The lowest BCUT2D eigenvalue weighted by Crippen LogP contribution is -2.17. The Bertz CT molecular complexity index is 1410. The summed E-state index contributed by atoms with van der Waals surface area (Å²) < 4.78 is 29.7. The number of ether oxygens (including phenoxy) is 1. The van der Waals surface area contributed by atoms with Crippen molar-refractivity contribution in [3.05, 3.63) is 79.1 Å². The SMILES string of the molecule is COc1cc(-c2nc3occn3c2-c2ccnc(NCCNSc3ccccc3)n2)ccc1F. The van der Waals surface area contributed by atoms with Gasteiger partial charge in [-0.3, -0.25) is 9.12 Å². The van der Waals surface area contributed by atoms with Crippen LogP contribution in [0.1, 0.15) is 0 Å². The van der Waals surface area contributed by atoms with Gasteiger partial charge >= 0.3 is 5.84 Å². The van der Waals surface area contributed by atoms with E-state index in [1.807, 2.05) is 30.3 Å². The van der Waals surface area contributed by atoms with Crippen LogP contribution >= 0.6 is 11.9 Å². The van der Waals surface area contributed by atoms with E-state index in [-0.39, 0.29) is 5.75 Å². The Balaban J connectivity index is 1.36. The van der Waals surface area contributed by atoms with Gasteiger partial charge in [-0.05, 0) is 48.3 Å². The summed E-state index contributed by atoms with van der Waals surface area (Å²) >= 11 is 1.57. The van der Waals surface area contributed by atoms with E-state index < -0.39 is 5.82 Å². The van der Waals surface area contributed by atoms with Crippen LogP contribution in [0.15, 0.2) is 82.6 Å². The maximum atomic E-state index is 14.0. The van der Waals surface area contributed by atoms with Crippen molar-refractivity contribution < 1.29 is 13.5 Å². The molecule has 2 N–H and O–H groups in total. The molecule has 0 amide bonds. The van der Waals surface area contributed by atoms with Gasteiger partial charge in [0.1, 0.15) is 17.7 Å². The van der Waals surface area contributed by atoms with Gasteiger partial charge in [-0.25, -0.2) is 14.4 Å². The van der Waals surface area contributed by atoms with Crippen LogP contribution in [0.4, 0.5) is 10.3 Å². The number of nitrogens with one attached hydrogen (secondary N) is 2. The molecule has 0 fully saturated rings. The first kappa shape index (κ1) is 21.9. The van der Waals surface area contributed by atoms with E-state index in [0.29, 0.717) is 47.5 Å². The van der Waals surface area contributed by atoms with Gasteiger partial charge in [-0.1, -0.05) is 18.2 Å². The van der Waals surface area contributed by atoms with Crippen molar-refractivity contribution in [3.63, 3.8) is 0 Å². The lowest BCUT2D eigenvalue weighted by atomic mass is 10.1. The van der Waals surface area contributed by atoms with E-state index in [1.165, 1.54) is 13.2 Å². The van der Waals surface area contributed by atoms with Gasteiger partial charge in [0.25, 0.3) is 0 Å². The Kier molecular flexibility index (Phi) is 6.41. The summed E-state index contributed by atoms with van der Waals surface area (Å²) in [6.45, 7) is 1.35. The molecule has 0 atom stereocenters. The minimum Gasteiger partial charge on any atom is -0.494 e. The molecule has 172 valence electrons. The van der Waals surface area contributed by atoms with E-state index in [9.17, 15) is 4.39 Å². The number of benzene rings is 2. The van der Waals surface area contributed by atoms with E-state index in [1.54, 1.807) is 53.2 Å². The lowest BCUT2D eigenvalue weighted by molar-refractivity contribution is 0.387. The summed E-state index contributed by atoms with van der Waals surface area (Å²) in [5, 5.41) is 3.24. The zero-order valence-corrected chi connectivity index (χ0v) is 19.1. The summed E-state index contributed by atoms with van der Waals surface area (Å²) in [7, 11) is 1.43. The van der Waals surface area contributed by atoms with Crippen molar-refractivity contribution in [2.45, 2.75) is 4.90 Å². The van der Waals surface area contributed by atoms with Crippen LogP contribution in [-0.2, 0) is 0 Å². The molecule has 0 spiro atoms. The number of imidazole rings is 1. The maximum absolute atomic E-state index is 14.0. The molecule has 5 rings (SSSR count). The largest absolute Gasteiger partial charge is 0.494 e. The molecule has 0 unspecified atom stereocenters. The second kappa shape index (κ2) is 9.94. The zero-order chi connectivity index (χ0) is 23.3. The van der Waals surface area contributed by atoms with E-state index >= 15 is 0 Å². The smallest absolute Gasteiger partial charge is 0.306 e. The number of oxazole rings is 1. The van der Waals surface area contributed by atoms with Gasteiger partial charge in [0.2, 0.25) is 5.95 Å². The highest BCUT2D eigenvalue weighted by Crippen LogP contribution is 2.34. The number of methoxy groups -OCH3 is 1. The number of anilines is 1. The van der Waals surface area contributed by atoms with Crippen LogP contribution in [0, 0.1) is 5.82 Å². The van der Waals surface area contributed by atoms with Gasteiger partial charge in [-0.15, -0.1) is 0 Å². The number of aromatic nitrogens is 4. The summed E-state index contributed by atoms with van der Waals surface area (Å²) in [5.74, 6) is 0.593. The van der Waals surface area contributed by atoms with Crippen molar-refractivity contribution in [2.75, 3.05) is 25.5 Å². The van der Waals surface area contributed by atoms with E-state index in [2.05, 4.69) is 25.0 Å². The highest BCUT2D eigenvalue weighted by molar-refractivity contribution is 7.97. The number of hydrogen-bond acceptors (Lipinski definition) is 8. The molecule has 0 saturated heterocycles. The Morgan fingerprint density at radius 2 is 1.97 bits per heavy atom. The monoisotopic (exact) mass is 476 g/mol. The third kappa shape index (κ3) is 4.59. The average Bonchev–Trinajstić information content (AvgIpc) is 3.46. The van der Waals surface area contributed by atoms with Crippen LogP contribution in [0.2, 0.25) is 0 Å². The molecule has 10 heteroatoms. The van der Waals surface area contributed by atoms with Gasteiger partial charge in [0, 0.05) is 35.9 Å².